The molecule has 118 valence electrons. The number of amides is 1. The van der Waals surface area contributed by atoms with Gasteiger partial charge in [0.05, 0.1) is 6.61 Å². The summed E-state index contributed by atoms with van der Waals surface area (Å²) in [7, 11) is 0. The van der Waals surface area contributed by atoms with E-state index in [4.69, 9.17) is 10.5 Å². The van der Waals surface area contributed by atoms with Gasteiger partial charge in [0.2, 0.25) is 5.91 Å². The minimum atomic E-state index is -0.550. The summed E-state index contributed by atoms with van der Waals surface area (Å²) in [4.78, 5) is 26.0. The SMILES string of the molecule is CCOC(=O)C1=C(C2N3N=C(C)N2N3)CS[C@H]2C(N)C(=O)N12. The molecule has 2 saturated heterocycles. The Hall–Kier alpha value is -1.78. The number of nitrogens with one attached hydrogen (secondary N) is 1. The van der Waals surface area contributed by atoms with Crippen molar-refractivity contribution < 1.29 is 14.3 Å². The number of β-lactam (4-membered cyclic amide) rings is 1. The van der Waals surface area contributed by atoms with Crippen molar-refractivity contribution in [3.05, 3.63) is 11.3 Å². The average molecular weight is 324 g/mol. The Kier molecular flexibility index (Phi) is 2.90. The smallest absolute Gasteiger partial charge is 0.355 e. The van der Waals surface area contributed by atoms with Gasteiger partial charge in [-0.15, -0.1) is 22.4 Å². The molecular weight excluding hydrogens is 308 g/mol. The Morgan fingerprint density at radius 3 is 2.95 bits per heavy atom. The number of carbonyl (C=O) groups excluding carboxylic acids is 2. The molecule has 0 saturated carbocycles. The van der Waals surface area contributed by atoms with Crippen molar-refractivity contribution in [3.8, 4) is 0 Å². The summed E-state index contributed by atoms with van der Waals surface area (Å²) < 4.78 is 5.15. The zero-order valence-corrected chi connectivity index (χ0v) is 13.0. The van der Waals surface area contributed by atoms with Crippen LogP contribution in [0, 0.1) is 0 Å². The molecule has 3 atom stereocenters. The molecule has 5 aliphatic heterocycles. The fraction of sp³-hybridized carbons (Fsp3) is 0.583. The lowest BCUT2D eigenvalue weighted by Gasteiger charge is -2.51. The number of esters is 1. The van der Waals surface area contributed by atoms with Gasteiger partial charge in [-0.3, -0.25) is 9.69 Å². The van der Waals surface area contributed by atoms with Crippen molar-refractivity contribution in [1.82, 2.24) is 20.6 Å². The summed E-state index contributed by atoms with van der Waals surface area (Å²) >= 11 is 1.57. The summed E-state index contributed by atoms with van der Waals surface area (Å²) in [6.07, 6.45) is -0.183. The number of hydrazine groups is 2. The molecule has 22 heavy (non-hydrogen) atoms. The van der Waals surface area contributed by atoms with Crippen molar-refractivity contribution in [2.24, 2.45) is 10.8 Å². The van der Waals surface area contributed by atoms with E-state index >= 15 is 0 Å². The predicted molar refractivity (Wildman–Crippen MR) is 78.4 cm³/mol. The fourth-order valence-corrected chi connectivity index (χ4v) is 4.35. The highest BCUT2D eigenvalue weighted by Gasteiger charge is 2.56. The molecule has 2 fully saturated rings. The zero-order chi connectivity index (χ0) is 15.6. The molecular formula is C12H16N6O3S. The van der Waals surface area contributed by atoms with Crippen molar-refractivity contribution in [1.29, 1.82) is 0 Å². The van der Waals surface area contributed by atoms with Crippen LogP contribution in [0.5, 0.6) is 0 Å². The lowest BCUT2D eigenvalue weighted by atomic mass is 10.0. The Balaban J connectivity index is 1.72. The second-order valence-electron chi connectivity index (χ2n) is 5.37. The van der Waals surface area contributed by atoms with Crippen molar-refractivity contribution >= 4 is 29.5 Å². The number of carbonyl (C=O) groups is 2. The van der Waals surface area contributed by atoms with Gasteiger partial charge in [-0.25, -0.2) is 9.80 Å². The largest absolute Gasteiger partial charge is 0.461 e. The minimum absolute atomic E-state index is 0.183. The first kappa shape index (κ1) is 13.9. The Bertz CT molecular complexity index is 634. The normalized spacial score (nSPS) is 32.5. The molecule has 1 amide bonds. The van der Waals surface area contributed by atoms with Gasteiger partial charge in [-0.2, -0.15) is 5.12 Å². The molecule has 5 rings (SSSR count). The lowest BCUT2D eigenvalue weighted by Crippen LogP contribution is -2.72. The van der Waals surface area contributed by atoms with E-state index < -0.39 is 12.0 Å². The van der Waals surface area contributed by atoms with Crippen LogP contribution in [0.3, 0.4) is 0 Å². The van der Waals surface area contributed by atoms with E-state index in [2.05, 4.69) is 10.6 Å². The van der Waals surface area contributed by atoms with Gasteiger partial charge in [0.15, 0.2) is 6.17 Å². The van der Waals surface area contributed by atoms with Crippen LogP contribution in [0.4, 0.5) is 0 Å². The first-order valence-corrected chi connectivity index (χ1v) is 8.10. The molecule has 5 heterocycles. The van der Waals surface area contributed by atoms with Gasteiger partial charge >= 0.3 is 5.97 Å². The number of thioether (sulfide) groups is 1. The maximum Gasteiger partial charge on any atom is 0.355 e. The molecule has 3 N–H and O–H groups in total. The summed E-state index contributed by atoms with van der Waals surface area (Å²) in [6, 6.07) is -0.550. The molecule has 0 aliphatic carbocycles. The Morgan fingerprint density at radius 1 is 1.59 bits per heavy atom. The van der Waals surface area contributed by atoms with Crippen LogP contribution in [0.2, 0.25) is 0 Å². The molecule has 2 bridgehead atoms. The molecule has 0 radical (unpaired) electrons. The first-order valence-electron chi connectivity index (χ1n) is 7.05. The van der Waals surface area contributed by atoms with Crippen LogP contribution < -0.4 is 11.3 Å². The predicted octanol–water partition coefficient (Wildman–Crippen LogP) is -1.24. The molecule has 0 spiro atoms. The number of nitrogens with two attached hydrogens (primary N) is 1. The number of amidine groups is 1. The molecule has 9 nitrogen and oxygen atoms in total. The summed E-state index contributed by atoms with van der Waals surface area (Å²) in [5.41, 5.74) is 9.98. The molecule has 0 aromatic rings. The highest BCUT2D eigenvalue weighted by Crippen LogP contribution is 2.43. The highest BCUT2D eigenvalue weighted by atomic mass is 32.2. The van der Waals surface area contributed by atoms with E-state index in [9.17, 15) is 9.59 Å². The standard InChI is InChI=1S/C12H16N6O3S/c1-3-21-12(20)8-6(9-17-5(2)14-18(9)15-17)4-22-11-7(13)10(19)16(8)11/h7,9,11,15H,3-4,13H2,1-2H3/t7?,9?,11-/m0/s1. The van der Waals surface area contributed by atoms with Gasteiger partial charge < -0.3 is 10.5 Å². The van der Waals surface area contributed by atoms with Crippen molar-refractivity contribution in [3.63, 3.8) is 0 Å². The third-order valence-corrected chi connectivity index (χ3v) is 5.43. The molecule has 10 heteroatoms. The third kappa shape index (κ3) is 1.59. The van der Waals surface area contributed by atoms with Crippen LogP contribution in [0.25, 0.3) is 0 Å². The van der Waals surface area contributed by atoms with Crippen LogP contribution in [0.1, 0.15) is 13.8 Å². The zero-order valence-electron chi connectivity index (χ0n) is 12.1. The van der Waals surface area contributed by atoms with Crippen molar-refractivity contribution in [2.45, 2.75) is 31.4 Å². The van der Waals surface area contributed by atoms with E-state index in [1.54, 1.807) is 23.8 Å². The second kappa shape index (κ2) is 4.61. The van der Waals surface area contributed by atoms with E-state index in [1.807, 2.05) is 11.9 Å². The second-order valence-corrected chi connectivity index (χ2v) is 6.47. The Labute approximate surface area is 131 Å². The van der Waals surface area contributed by atoms with Gasteiger partial charge in [-0.1, -0.05) is 0 Å². The van der Waals surface area contributed by atoms with Crippen LogP contribution in [0.15, 0.2) is 16.4 Å². The van der Waals surface area contributed by atoms with Gasteiger partial charge in [0.1, 0.15) is 22.9 Å². The highest BCUT2D eigenvalue weighted by molar-refractivity contribution is 8.00. The van der Waals surface area contributed by atoms with Gasteiger partial charge in [0.25, 0.3) is 0 Å². The van der Waals surface area contributed by atoms with E-state index in [0.29, 0.717) is 11.4 Å². The molecule has 5 aliphatic rings. The number of hydrogen-bond acceptors (Lipinski definition) is 9. The molecule has 0 aromatic carbocycles. The third-order valence-electron chi connectivity index (χ3n) is 4.11. The van der Waals surface area contributed by atoms with E-state index in [1.165, 1.54) is 4.90 Å². The van der Waals surface area contributed by atoms with Crippen LogP contribution in [-0.4, -0.2) is 62.7 Å². The minimum Gasteiger partial charge on any atom is -0.461 e. The monoisotopic (exact) mass is 324 g/mol. The average Bonchev–Trinajstić information content (AvgIpc) is 3.02. The summed E-state index contributed by atoms with van der Waals surface area (Å²) in [5.74, 6) is 0.715. The maximum atomic E-state index is 12.4. The van der Waals surface area contributed by atoms with E-state index in [-0.39, 0.29) is 24.1 Å². The Morgan fingerprint density at radius 2 is 2.36 bits per heavy atom. The quantitative estimate of drug-likeness (QED) is 0.491. The molecule has 0 aromatic heterocycles. The maximum absolute atomic E-state index is 12.4. The number of fused-ring (bicyclic) bond motifs is 1. The number of ether oxygens (including phenoxy) is 1. The first-order chi connectivity index (χ1) is 10.5. The number of nitrogens with zero attached hydrogens (tertiary/aromatic N) is 4. The summed E-state index contributed by atoms with van der Waals surface area (Å²) in [6.45, 7) is 3.88. The topological polar surface area (TPSA) is 103 Å². The van der Waals surface area contributed by atoms with E-state index in [0.717, 1.165) is 11.4 Å². The van der Waals surface area contributed by atoms with Crippen LogP contribution in [-0.2, 0) is 14.3 Å². The van der Waals surface area contributed by atoms with Crippen LogP contribution >= 0.6 is 11.8 Å². The lowest BCUT2D eigenvalue weighted by molar-refractivity contribution is -0.151. The van der Waals surface area contributed by atoms with Crippen molar-refractivity contribution in [2.75, 3.05) is 12.4 Å². The fourth-order valence-electron chi connectivity index (χ4n) is 3.03. The molecule has 2 unspecified atom stereocenters. The number of rotatable bonds is 3. The van der Waals surface area contributed by atoms with Gasteiger partial charge in [-0.05, 0) is 13.8 Å². The van der Waals surface area contributed by atoms with Gasteiger partial charge in [0, 0.05) is 11.3 Å². The number of hydrogen-bond donors (Lipinski definition) is 2. The number of hydrazone groups is 1. The summed E-state index contributed by atoms with van der Waals surface area (Å²) in [5, 5.41) is 7.65.